The van der Waals surface area contributed by atoms with Gasteiger partial charge in [-0.25, -0.2) is 0 Å². The van der Waals surface area contributed by atoms with Gasteiger partial charge in [-0.15, -0.1) is 11.3 Å². The molecular weight excluding hydrogens is 336 g/mol. The zero-order chi connectivity index (χ0) is 17.8. The Morgan fingerprint density at radius 1 is 1.24 bits per heavy atom. The van der Waals surface area contributed by atoms with Crippen molar-refractivity contribution < 1.29 is 14.3 Å². The van der Waals surface area contributed by atoms with E-state index in [0.717, 1.165) is 12.0 Å². The van der Waals surface area contributed by atoms with Crippen molar-refractivity contribution in [1.29, 1.82) is 0 Å². The molecular formula is C19H22N2O3S. The minimum atomic E-state index is -0.171. The first kappa shape index (κ1) is 17.6. The predicted molar refractivity (Wildman–Crippen MR) is 99.6 cm³/mol. The standard InChI is InChI=1S/C19H22N2O3S/c1-3-16-13(2)12-17(25-16)18(22)20-15-7-5-4-6-14(15)19(23)21-8-10-24-11-9-21/h4-7,12H,3,8-11H2,1-2H3,(H,20,22). The highest BCUT2D eigenvalue weighted by molar-refractivity contribution is 7.14. The van der Waals surface area contributed by atoms with Crippen LogP contribution in [0.15, 0.2) is 30.3 Å². The Morgan fingerprint density at radius 2 is 1.96 bits per heavy atom. The Bertz CT molecular complexity index is 779. The molecule has 2 aromatic rings. The van der Waals surface area contributed by atoms with E-state index in [4.69, 9.17) is 4.74 Å². The maximum Gasteiger partial charge on any atom is 0.265 e. The van der Waals surface area contributed by atoms with Crippen molar-refractivity contribution in [3.63, 3.8) is 0 Å². The third-order valence-corrected chi connectivity index (χ3v) is 5.65. The third kappa shape index (κ3) is 3.91. The summed E-state index contributed by atoms with van der Waals surface area (Å²) in [6.45, 7) is 6.35. The van der Waals surface area contributed by atoms with Crippen molar-refractivity contribution in [2.24, 2.45) is 0 Å². The number of ether oxygens (including phenoxy) is 1. The third-order valence-electron chi connectivity index (χ3n) is 4.27. The van der Waals surface area contributed by atoms with E-state index < -0.39 is 0 Å². The van der Waals surface area contributed by atoms with Crippen LogP contribution in [0.5, 0.6) is 0 Å². The molecule has 0 spiro atoms. The van der Waals surface area contributed by atoms with Crippen LogP contribution in [0, 0.1) is 6.92 Å². The summed E-state index contributed by atoms with van der Waals surface area (Å²) in [5.74, 6) is -0.245. The molecule has 132 valence electrons. The molecule has 0 aliphatic carbocycles. The molecule has 1 aromatic carbocycles. The second kappa shape index (κ2) is 7.80. The van der Waals surface area contributed by atoms with Crippen LogP contribution in [-0.2, 0) is 11.2 Å². The summed E-state index contributed by atoms with van der Waals surface area (Å²) in [5, 5.41) is 2.90. The molecule has 2 amide bonds. The predicted octanol–water partition coefficient (Wildman–Crippen LogP) is 3.34. The van der Waals surface area contributed by atoms with Crippen LogP contribution in [-0.4, -0.2) is 43.0 Å². The summed E-state index contributed by atoms with van der Waals surface area (Å²) >= 11 is 1.51. The minimum Gasteiger partial charge on any atom is -0.378 e. The van der Waals surface area contributed by atoms with Crippen molar-refractivity contribution in [3.8, 4) is 0 Å². The number of nitrogens with one attached hydrogen (secondary N) is 1. The van der Waals surface area contributed by atoms with Crippen LogP contribution in [0.25, 0.3) is 0 Å². The lowest BCUT2D eigenvalue weighted by molar-refractivity contribution is 0.0303. The number of anilines is 1. The van der Waals surface area contributed by atoms with E-state index in [1.165, 1.54) is 16.2 Å². The number of hydrogen-bond donors (Lipinski definition) is 1. The summed E-state index contributed by atoms with van der Waals surface area (Å²) < 4.78 is 5.30. The average molecular weight is 358 g/mol. The number of aryl methyl sites for hydroxylation is 2. The van der Waals surface area contributed by atoms with Crippen LogP contribution in [0.4, 0.5) is 5.69 Å². The van der Waals surface area contributed by atoms with Gasteiger partial charge in [0.05, 0.1) is 29.3 Å². The van der Waals surface area contributed by atoms with E-state index in [0.29, 0.717) is 42.4 Å². The molecule has 0 bridgehead atoms. The SMILES string of the molecule is CCc1sc(C(=O)Nc2ccccc2C(=O)N2CCOCC2)cc1C. The van der Waals surface area contributed by atoms with Crippen molar-refractivity contribution in [3.05, 3.63) is 51.2 Å². The molecule has 5 nitrogen and oxygen atoms in total. The zero-order valence-corrected chi connectivity index (χ0v) is 15.3. The van der Waals surface area contributed by atoms with Crippen LogP contribution in [0.3, 0.4) is 0 Å². The molecule has 2 heterocycles. The van der Waals surface area contributed by atoms with E-state index in [1.807, 2.05) is 25.1 Å². The minimum absolute atomic E-state index is 0.0733. The van der Waals surface area contributed by atoms with Gasteiger partial charge in [-0.2, -0.15) is 0 Å². The van der Waals surface area contributed by atoms with E-state index in [2.05, 4.69) is 12.2 Å². The lowest BCUT2D eigenvalue weighted by atomic mass is 10.1. The summed E-state index contributed by atoms with van der Waals surface area (Å²) in [4.78, 5) is 29.0. The molecule has 1 aliphatic heterocycles. The molecule has 25 heavy (non-hydrogen) atoms. The molecule has 0 saturated carbocycles. The molecule has 1 aliphatic rings. The Kier molecular flexibility index (Phi) is 5.50. The van der Waals surface area contributed by atoms with Crippen molar-refractivity contribution in [2.75, 3.05) is 31.6 Å². The monoisotopic (exact) mass is 358 g/mol. The quantitative estimate of drug-likeness (QED) is 0.912. The normalized spacial score (nSPS) is 14.4. The lowest BCUT2D eigenvalue weighted by Crippen LogP contribution is -2.41. The maximum atomic E-state index is 12.8. The maximum absolute atomic E-state index is 12.8. The van der Waals surface area contributed by atoms with Crippen LogP contribution in [0.2, 0.25) is 0 Å². The van der Waals surface area contributed by atoms with Gasteiger partial charge in [0, 0.05) is 18.0 Å². The molecule has 0 atom stereocenters. The Morgan fingerprint density at radius 3 is 2.64 bits per heavy atom. The van der Waals surface area contributed by atoms with Gasteiger partial charge in [-0.05, 0) is 37.1 Å². The van der Waals surface area contributed by atoms with E-state index in [1.54, 1.807) is 17.0 Å². The zero-order valence-electron chi connectivity index (χ0n) is 14.5. The Balaban J connectivity index is 1.80. The number of carbonyl (C=O) groups excluding carboxylic acids is 2. The highest BCUT2D eigenvalue weighted by atomic mass is 32.1. The molecule has 1 fully saturated rings. The number of hydrogen-bond acceptors (Lipinski definition) is 4. The van der Waals surface area contributed by atoms with Gasteiger partial charge in [0.15, 0.2) is 0 Å². The largest absolute Gasteiger partial charge is 0.378 e. The number of amides is 2. The van der Waals surface area contributed by atoms with Crippen LogP contribution < -0.4 is 5.32 Å². The van der Waals surface area contributed by atoms with Gasteiger partial charge in [-0.1, -0.05) is 19.1 Å². The smallest absolute Gasteiger partial charge is 0.265 e. The summed E-state index contributed by atoms with van der Waals surface area (Å²) in [6, 6.07) is 9.07. The molecule has 1 saturated heterocycles. The lowest BCUT2D eigenvalue weighted by Gasteiger charge is -2.27. The molecule has 1 aromatic heterocycles. The molecule has 0 unspecified atom stereocenters. The van der Waals surface area contributed by atoms with Gasteiger partial charge in [-0.3, -0.25) is 9.59 Å². The first-order chi connectivity index (χ1) is 12.1. The van der Waals surface area contributed by atoms with Gasteiger partial charge in [0.1, 0.15) is 0 Å². The van der Waals surface area contributed by atoms with Crippen molar-refractivity contribution >= 4 is 28.8 Å². The van der Waals surface area contributed by atoms with Crippen molar-refractivity contribution in [2.45, 2.75) is 20.3 Å². The van der Waals surface area contributed by atoms with Crippen molar-refractivity contribution in [1.82, 2.24) is 4.90 Å². The van der Waals surface area contributed by atoms with Gasteiger partial charge < -0.3 is 15.0 Å². The second-order valence-electron chi connectivity index (χ2n) is 5.97. The van der Waals surface area contributed by atoms with E-state index in [9.17, 15) is 9.59 Å². The fraction of sp³-hybridized carbons (Fsp3) is 0.368. The van der Waals surface area contributed by atoms with Crippen LogP contribution >= 0.6 is 11.3 Å². The average Bonchev–Trinajstić information content (AvgIpc) is 3.03. The number of benzene rings is 1. The van der Waals surface area contributed by atoms with Gasteiger partial charge in [0.25, 0.3) is 11.8 Å². The number of morpholine rings is 1. The van der Waals surface area contributed by atoms with Gasteiger partial charge in [0.2, 0.25) is 0 Å². The topological polar surface area (TPSA) is 58.6 Å². The summed E-state index contributed by atoms with van der Waals surface area (Å²) in [7, 11) is 0. The van der Waals surface area contributed by atoms with E-state index >= 15 is 0 Å². The second-order valence-corrected chi connectivity index (χ2v) is 7.11. The number of nitrogens with zero attached hydrogens (tertiary/aromatic N) is 1. The molecule has 6 heteroatoms. The fourth-order valence-corrected chi connectivity index (χ4v) is 3.89. The Labute approximate surface area is 151 Å². The molecule has 0 radical (unpaired) electrons. The van der Waals surface area contributed by atoms with Crippen LogP contribution in [0.1, 0.15) is 37.4 Å². The number of para-hydroxylation sites is 1. The highest BCUT2D eigenvalue weighted by Crippen LogP contribution is 2.25. The Hall–Kier alpha value is -2.18. The highest BCUT2D eigenvalue weighted by Gasteiger charge is 2.22. The number of carbonyl (C=O) groups is 2. The van der Waals surface area contributed by atoms with Gasteiger partial charge >= 0.3 is 0 Å². The number of rotatable bonds is 4. The molecule has 1 N–H and O–H groups in total. The molecule has 3 rings (SSSR count). The summed E-state index contributed by atoms with van der Waals surface area (Å²) in [5.41, 5.74) is 2.20. The summed E-state index contributed by atoms with van der Waals surface area (Å²) in [6.07, 6.45) is 0.913. The number of thiophene rings is 1. The first-order valence-corrected chi connectivity index (χ1v) is 9.28. The fourth-order valence-electron chi connectivity index (χ4n) is 2.88. The van der Waals surface area contributed by atoms with E-state index in [-0.39, 0.29) is 11.8 Å². The first-order valence-electron chi connectivity index (χ1n) is 8.47.